The number of rotatable bonds is 28. The van der Waals surface area contributed by atoms with Gasteiger partial charge in [-0.1, -0.05) is 124 Å². The number of nitrogens with one attached hydrogen (secondary N) is 1. The monoisotopic (exact) mass is 523 g/mol. The molecule has 0 heterocycles. The fourth-order valence-corrected chi connectivity index (χ4v) is 6.16. The lowest BCUT2D eigenvalue weighted by Crippen LogP contribution is -2.49. The molecule has 0 aromatic heterocycles. The zero-order valence-electron chi connectivity index (χ0n) is 26.3. The molecule has 1 aliphatic rings. The average Bonchev–Trinajstić information content (AvgIpc) is 2.86. The van der Waals surface area contributed by atoms with Crippen LogP contribution in [0.4, 0.5) is 0 Å². The maximum atomic E-state index is 6.26. The maximum Gasteiger partial charge on any atom is 0.0604 e. The molecule has 3 nitrogen and oxygen atoms in total. The van der Waals surface area contributed by atoms with E-state index in [0.29, 0.717) is 12.1 Å². The first-order chi connectivity index (χ1) is 18.1. The van der Waals surface area contributed by atoms with Gasteiger partial charge in [-0.05, 0) is 57.9 Å². The van der Waals surface area contributed by atoms with Crippen LogP contribution in [0.15, 0.2) is 0 Å². The van der Waals surface area contributed by atoms with Crippen molar-refractivity contribution in [3.05, 3.63) is 0 Å². The van der Waals surface area contributed by atoms with Crippen molar-refractivity contribution >= 4 is 0 Å². The average molecular weight is 523 g/mol. The first kappa shape index (κ1) is 34.9. The normalized spacial score (nSPS) is 19.3. The quantitative estimate of drug-likeness (QED) is 0.103. The van der Waals surface area contributed by atoms with E-state index < -0.39 is 0 Å². The van der Waals surface area contributed by atoms with Gasteiger partial charge in [0.25, 0.3) is 0 Å². The maximum absolute atomic E-state index is 6.26. The van der Waals surface area contributed by atoms with E-state index in [-0.39, 0.29) is 0 Å². The lowest BCUT2D eigenvalue weighted by molar-refractivity contribution is -0.0220. The van der Waals surface area contributed by atoms with Crippen molar-refractivity contribution in [3.63, 3.8) is 0 Å². The van der Waals surface area contributed by atoms with Crippen LogP contribution in [0.2, 0.25) is 0 Å². The molecule has 0 aromatic rings. The van der Waals surface area contributed by atoms with Gasteiger partial charge in [0.2, 0.25) is 0 Å². The molecular formula is C34H70N2O. The Labute approximate surface area is 234 Å². The van der Waals surface area contributed by atoms with Gasteiger partial charge in [-0.2, -0.15) is 0 Å². The Morgan fingerprint density at radius 3 is 1.76 bits per heavy atom. The minimum absolute atomic E-state index is 0.504. The van der Waals surface area contributed by atoms with Gasteiger partial charge in [0.1, 0.15) is 0 Å². The molecule has 2 atom stereocenters. The summed E-state index contributed by atoms with van der Waals surface area (Å²) in [5.41, 5.74) is 0. The fraction of sp³-hybridized carbons (Fsp3) is 1.00. The second-order valence-corrected chi connectivity index (χ2v) is 12.6. The molecule has 1 N–H and O–H groups in total. The lowest BCUT2D eigenvalue weighted by Gasteiger charge is -2.38. The molecule has 1 aliphatic carbocycles. The van der Waals surface area contributed by atoms with Crippen LogP contribution >= 0.6 is 0 Å². The van der Waals surface area contributed by atoms with Gasteiger partial charge in [0, 0.05) is 31.8 Å². The van der Waals surface area contributed by atoms with Gasteiger partial charge in [-0.3, -0.25) is 0 Å². The van der Waals surface area contributed by atoms with Crippen molar-refractivity contribution < 1.29 is 4.74 Å². The molecule has 37 heavy (non-hydrogen) atoms. The molecule has 3 heteroatoms. The van der Waals surface area contributed by atoms with E-state index in [0.717, 1.165) is 18.6 Å². The van der Waals surface area contributed by atoms with Gasteiger partial charge in [-0.25, -0.2) is 0 Å². The lowest BCUT2D eigenvalue weighted by atomic mass is 9.87. The summed E-state index contributed by atoms with van der Waals surface area (Å²) in [5, 5.41) is 3.97. The third kappa shape index (κ3) is 19.6. The molecule has 1 rings (SSSR count). The Balaban J connectivity index is 2.16. The molecule has 1 saturated carbocycles. The molecule has 0 aliphatic heterocycles. The van der Waals surface area contributed by atoms with Crippen LogP contribution in [0, 0.1) is 5.92 Å². The molecule has 0 saturated heterocycles. The van der Waals surface area contributed by atoms with Crippen LogP contribution in [0.1, 0.15) is 169 Å². The number of hydrogen-bond donors (Lipinski definition) is 1. The van der Waals surface area contributed by atoms with Gasteiger partial charge in [-0.15, -0.1) is 0 Å². The van der Waals surface area contributed by atoms with E-state index in [9.17, 15) is 0 Å². The number of ether oxygens (including phenoxy) is 1. The van der Waals surface area contributed by atoms with Crippen molar-refractivity contribution in [2.75, 3.05) is 26.7 Å². The number of nitrogens with zero attached hydrogens (tertiary/aromatic N) is 1. The van der Waals surface area contributed by atoms with Gasteiger partial charge >= 0.3 is 0 Å². The zero-order chi connectivity index (χ0) is 27.0. The highest BCUT2D eigenvalue weighted by Crippen LogP contribution is 2.25. The predicted octanol–water partition coefficient (Wildman–Crippen LogP) is 9.92. The summed E-state index contributed by atoms with van der Waals surface area (Å²) in [6.45, 7) is 12.7. The second kappa shape index (κ2) is 24.9. The minimum Gasteiger partial charge on any atom is -0.378 e. The van der Waals surface area contributed by atoms with Crippen molar-refractivity contribution in [2.24, 2.45) is 5.92 Å². The van der Waals surface area contributed by atoms with Crippen molar-refractivity contribution in [1.29, 1.82) is 0 Å². The van der Waals surface area contributed by atoms with E-state index in [2.05, 4.69) is 45.0 Å². The predicted molar refractivity (Wildman–Crippen MR) is 166 cm³/mol. The zero-order valence-corrected chi connectivity index (χ0v) is 26.3. The highest BCUT2D eigenvalue weighted by atomic mass is 16.5. The molecule has 1 fully saturated rings. The molecule has 0 radical (unpaired) electrons. The van der Waals surface area contributed by atoms with Crippen molar-refractivity contribution in [3.8, 4) is 0 Å². The molecule has 0 bridgehead atoms. The van der Waals surface area contributed by atoms with E-state index in [1.54, 1.807) is 0 Å². The molecule has 0 aromatic carbocycles. The first-order valence-electron chi connectivity index (χ1n) is 17.2. The summed E-state index contributed by atoms with van der Waals surface area (Å²) in [6.07, 6.45) is 30.7. The SMILES string of the molecule is CCCCCCCC(CCCCCC)CN(C)CCCO[C@H]1C[C@H](NC(CCC)CCCCCCC)C1. The fourth-order valence-electron chi connectivity index (χ4n) is 6.16. The van der Waals surface area contributed by atoms with E-state index in [4.69, 9.17) is 4.74 Å². The highest BCUT2D eigenvalue weighted by Gasteiger charge is 2.30. The third-order valence-electron chi connectivity index (χ3n) is 8.65. The van der Waals surface area contributed by atoms with Crippen LogP contribution in [-0.4, -0.2) is 49.8 Å². The summed E-state index contributed by atoms with van der Waals surface area (Å²) in [7, 11) is 2.34. The van der Waals surface area contributed by atoms with E-state index in [1.165, 1.54) is 154 Å². The Morgan fingerprint density at radius 1 is 0.649 bits per heavy atom. The van der Waals surface area contributed by atoms with Gasteiger partial charge in [0.05, 0.1) is 6.10 Å². The van der Waals surface area contributed by atoms with Crippen LogP contribution in [0.3, 0.4) is 0 Å². The van der Waals surface area contributed by atoms with Crippen LogP contribution in [0.5, 0.6) is 0 Å². The molecular weight excluding hydrogens is 452 g/mol. The summed E-state index contributed by atoms with van der Waals surface area (Å²) in [4.78, 5) is 2.60. The Morgan fingerprint density at radius 2 is 1.19 bits per heavy atom. The molecule has 0 amide bonds. The van der Waals surface area contributed by atoms with Crippen LogP contribution in [0.25, 0.3) is 0 Å². The smallest absolute Gasteiger partial charge is 0.0604 e. The molecule has 2 unspecified atom stereocenters. The van der Waals surface area contributed by atoms with Crippen LogP contribution < -0.4 is 5.32 Å². The highest BCUT2D eigenvalue weighted by molar-refractivity contribution is 4.88. The Kier molecular flexibility index (Phi) is 23.5. The van der Waals surface area contributed by atoms with E-state index >= 15 is 0 Å². The van der Waals surface area contributed by atoms with E-state index in [1.807, 2.05) is 0 Å². The van der Waals surface area contributed by atoms with Crippen molar-refractivity contribution in [2.45, 2.75) is 187 Å². The topological polar surface area (TPSA) is 24.5 Å². The number of unbranched alkanes of at least 4 members (excludes halogenated alkanes) is 11. The Bertz CT molecular complexity index is 465. The largest absolute Gasteiger partial charge is 0.378 e. The van der Waals surface area contributed by atoms with Crippen molar-refractivity contribution in [1.82, 2.24) is 10.2 Å². The summed E-state index contributed by atoms with van der Waals surface area (Å²) in [5.74, 6) is 0.894. The minimum atomic E-state index is 0.504. The number of hydrogen-bond acceptors (Lipinski definition) is 3. The summed E-state index contributed by atoms with van der Waals surface area (Å²) >= 11 is 0. The Hall–Kier alpha value is -0.120. The second-order valence-electron chi connectivity index (χ2n) is 12.6. The third-order valence-corrected chi connectivity index (χ3v) is 8.65. The summed E-state index contributed by atoms with van der Waals surface area (Å²) in [6, 6.07) is 1.43. The molecule has 222 valence electrons. The first-order valence-corrected chi connectivity index (χ1v) is 17.2. The van der Waals surface area contributed by atoms with Gasteiger partial charge < -0.3 is 15.0 Å². The molecule has 0 spiro atoms. The summed E-state index contributed by atoms with van der Waals surface area (Å²) < 4.78 is 6.26. The van der Waals surface area contributed by atoms with Gasteiger partial charge in [0.15, 0.2) is 0 Å². The standard InChI is InChI=1S/C34H70N2O/c1-6-10-13-16-19-24-31(23-18-15-12-8-3)30-36(5)26-21-27-37-34-28-33(29-34)35-32(22-9-4)25-20-17-14-11-7-2/h31-35H,6-30H2,1-5H3/t31?,32?,33-,34-. The van der Waals surface area contributed by atoms with Crippen LogP contribution in [-0.2, 0) is 4.74 Å².